The zero-order valence-corrected chi connectivity index (χ0v) is 83.9. The highest BCUT2D eigenvalue weighted by atomic mass is 15.1. The number of aryl methyl sites for hydroxylation is 6. The van der Waals surface area contributed by atoms with Crippen molar-refractivity contribution in [2.75, 3.05) is 0 Å². The fourth-order valence-electron chi connectivity index (χ4n) is 19.6. The van der Waals surface area contributed by atoms with Crippen molar-refractivity contribution < 1.29 is 0 Å². The zero-order valence-electron chi connectivity index (χ0n) is 83.9. The minimum atomic E-state index is 0.608. The lowest BCUT2D eigenvalue weighted by Gasteiger charge is -2.19. The third-order valence-electron chi connectivity index (χ3n) is 26.9. The van der Waals surface area contributed by atoms with Crippen LogP contribution in [0.3, 0.4) is 0 Å². The molecule has 0 N–H and O–H groups in total. The summed E-state index contributed by atoms with van der Waals surface area (Å²) in [6.45, 7) is 12.0. The molecular weight excluding hydrogens is 1830 g/mol. The first-order chi connectivity index (χ1) is 73.8. The summed E-state index contributed by atoms with van der Waals surface area (Å²) >= 11 is 0. The van der Waals surface area contributed by atoms with Crippen molar-refractivity contribution in [2.24, 2.45) is 0 Å². The molecule has 0 aliphatic carbocycles. The zero-order chi connectivity index (χ0) is 102. The van der Waals surface area contributed by atoms with E-state index < -0.39 is 0 Å². The molecule has 0 radical (unpaired) electrons. The van der Waals surface area contributed by atoms with E-state index in [-0.39, 0.29) is 0 Å². The molecule has 0 spiro atoms. The van der Waals surface area contributed by atoms with E-state index in [4.69, 9.17) is 54.8 Å². The van der Waals surface area contributed by atoms with E-state index in [0.29, 0.717) is 52.4 Å². The maximum absolute atomic E-state index is 5.12. The number of rotatable bonds is 21. The molecule has 0 saturated carbocycles. The Balaban J connectivity index is 0.000000127. The van der Waals surface area contributed by atoms with Crippen molar-refractivity contribution >= 4 is 0 Å². The Morgan fingerprint density at radius 1 is 0.100 bits per heavy atom. The van der Waals surface area contributed by atoms with Gasteiger partial charge in [-0.05, 0) is 224 Å². The lowest BCUT2D eigenvalue weighted by molar-refractivity contribution is 1.05. The first-order valence-corrected chi connectivity index (χ1v) is 50.5. The van der Waals surface area contributed by atoms with Gasteiger partial charge in [-0.2, -0.15) is 0 Å². The Morgan fingerprint density at radius 3 is 0.593 bits per heavy atom. The van der Waals surface area contributed by atoms with Crippen molar-refractivity contribution in [3.8, 4) is 236 Å². The average molecular weight is 1930 g/mol. The van der Waals surface area contributed by atoms with Crippen molar-refractivity contribution in [1.82, 2.24) is 59.8 Å². The Morgan fingerprint density at radius 2 is 0.307 bits per heavy atom. The molecule has 0 saturated heterocycles. The summed E-state index contributed by atoms with van der Waals surface area (Å²) in [6.07, 6.45) is 0. The molecule has 24 aromatic rings. The van der Waals surface area contributed by atoms with E-state index in [2.05, 4.69) is 381 Å². The van der Waals surface area contributed by atoms with Crippen molar-refractivity contribution in [2.45, 2.75) is 41.5 Å². The Kier molecular flexibility index (Phi) is 27.9. The number of aromatic nitrogens is 12. The monoisotopic (exact) mass is 1930 g/mol. The molecule has 12 heteroatoms. The van der Waals surface area contributed by atoms with Crippen LogP contribution in [0.4, 0.5) is 0 Å². The second-order valence-corrected chi connectivity index (χ2v) is 37.2. The quantitative estimate of drug-likeness (QED) is 0.0672. The van der Waals surface area contributed by atoms with Crippen LogP contribution >= 0.6 is 0 Å². The minimum absolute atomic E-state index is 0.608. The summed E-state index contributed by atoms with van der Waals surface area (Å²) in [5.74, 6) is 5.61. The molecule has 0 bridgehead atoms. The molecule has 714 valence electrons. The number of pyridine rings is 3. The van der Waals surface area contributed by atoms with Crippen LogP contribution in [0, 0.1) is 41.5 Å². The summed E-state index contributed by atoms with van der Waals surface area (Å²) in [5.41, 5.74) is 41.8. The predicted molar refractivity (Wildman–Crippen MR) is 615 cm³/mol. The normalized spacial score (nSPS) is 11.0. The molecule has 0 fully saturated rings. The first kappa shape index (κ1) is 95.3. The fraction of sp³-hybridized carbons (Fsp3) is 0.0435. The Labute approximate surface area is 875 Å². The van der Waals surface area contributed by atoms with Gasteiger partial charge in [-0.15, -0.1) is 0 Å². The maximum atomic E-state index is 5.12. The van der Waals surface area contributed by atoms with Crippen LogP contribution in [-0.2, 0) is 0 Å². The smallest absolute Gasteiger partial charge is 0.165 e. The van der Waals surface area contributed by atoms with Gasteiger partial charge >= 0.3 is 0 Å². The molecule has 6 heterocycles. The summed E-state index contributed by atoms with van der Waals surface area (Å²) in [6, 6.07) is 178. The highest BCUT2D eigenvalue weighted by Gasteiger charge is 2.26. The molecule has 24 rings (SSSR count). The molecular formula is C138H102N12. The van der Waals surface area contributed by atoms with Crippen molar-refractivity contribution in [1.29, 1.82) is 0 Å². The molecule has 150 heavy (non-hydrogen) atoms. The van der Waals surface area contributed by atoms with E-state index in [1.54, 1.807) is 0 Å². The maximum Gasteiger partial charge on any atom is 0.165 e. The van der Waals surface area contributed by atoms with Crippen LogP contribution in [0.5, 0.6) is 0 Å². The Bertz CT molecular complexity index is 8690. The van der Waals surface area contributed by atoms with Gasteiger partial charge in [0.25, 0.3) is 0 Å². The number of benzene rings is 18. The van der Waals surface area contributed by atoms with Gasteiger partial charge in [0.15, 0.2) is 52.4 Å². The molecule has 18 aromatic carbocycles. The lowest BCUT2D eigenvalue weighted by atomic mass is 9.84. The van der Waals surface area contributed by atoms with Gasteiger partial charge in [0.1, 0.15) is 0 Å². The van der Waals surface area contributed by atoms with Crippen molar-refractivity contribution in [3.05, 3.63) is 544 Å². The first-order valence-electron chi connectivity index (χ1n) is 50.5. The number of hydrogen-bond acceptors (Lipinski definition) is 12. The Hall–Kier alpha value is -19.6. The van der Waals surface area contributed by atoms with Crippen LogP contribution in [0.1, 0.15) is 34.2 Å². The third-order valence-corrected chi connectivity index (χ3v) is 26.9. The standard InChI is InChI=1S/3C46H34N4/c1-31-23-28-40(32(2)47-31)46-49-44(37-21-13-6-14-22-37)48-45(50-46)38-26-24-36(25-27-38)43-41(34-17-9-4-10-18-34)29-39(33-15-7-3-8-16-33)30-42(43)35-19-11-5-12-20-35;1-31-27-40(28-32(2)47-31)46-49-44(37-21-13-6-14-22-37)48-45(50-46)38-25-23-36(24-26-38)43-41(34-17-9-4-10-18-34)29-39(33-15-7-3-8-16-33)30-42(43)35-19-11-5-12-20-35;1-31-25-30-38(32(2)47-31)41-21-12-13-22-42(41)46-49-44(36-19-10-5-11-20-36)48-45(50-46)37-28-26-35(27-29-37)43-39(33-15-6-3-7-16-33)23-14-24-40(43)34-17-8-4-9-18-34/h3*3-30H,1-2H3. The topological polar surface area (TPSA) is 155 Å². The van der Waals surface area contributed by atoms with E-state index in [9.17, 15) is 0 Å². The largest absolute Gasteiger partial charge is 0.258 e. The summed E-state index contributed by atoms with van der Waals surface area (Å²) < 4.78 is 0. The van der Waals surface area contributed by atoms with Gasteiger partial charge < -0.3 is 0 Å². The van der Waals surface area contributed by atoms with E-state index in [1.807, 2.05) is 175 Å². The number of hydrogen-bond donors (Lipinski definition) is 0. The van der Waals surface area contributed by atoms with Crippen LogP contribution < -0.4 is 0 Å². The van der Waals surface area contributed by atoms with Gasteiger partial charge in [0.05, 0.1) is 0 Å². The molecule has 0 unspecified atom stereocenters. The second kappa shape index (κ2) is 43.9. The van der Waals surface area contributed by atoms with E-state index in [0.717, 1.165) is 112 Å². The average Bonchev–Trinajstić information content (AvgIpc) is 0.763. The van der Waals surface area contributed by atoms with Crippen LogP contribution in [0.2, 0.25) is 0 Å². The molecule has 0 atom stereocenters. The summed E-state index contributed by atoms with van der Waals surface area (Å²) in [4.78, 5) is 59.0. The lowest BCUT2D eigenvalue weighted by Crippen LogP contribution is -2.02. The SMILES string of the molecule is Cc1cc(-c2nc(-c3ccccc3)nc(-c3ccc(-c4c(-c5ccccc5)cc(-c5ccccc5)cc4-c4ccccc4)cc3)n2)cc(C)n1.Cc1ccc(-c2ccccc2-c2nc(-c3ccccc3)nc(-c3ccc(-c4c(-c5ccccc5)cccc4-c4ccccc4)cc3)n2)c(C)n1.Cc1ccc(-c2nc(-c3ccccc3)nc(-c3ccc(-c4c(-c5ccccc5)cc(-c5ccccc5)cc4-c4ccccc4)cc3)n2)c(C)n1. The fourth-order valence-corrected chi connectivity index (χ4v) is 19.6. The van der Waals surface area contributed by atoms with Gasteiger partial charge in [0.2, 0.25) is 0 Å². The van der Waals surface area contributed by atoms with Gasteiger partial charge in [-0.3, -0.25) is 15.0 Å². The second-order valence-electron chi connectivity index (χ2n) is 37.2. The third kappa shape index (κ3) is 21.2. The van der Waals surface area contributed by atoms with E-state index in [1.165, 1.54) is 106 Å². The molecule has 12 nitrogen and oxygen atoms in total. The molecule has 0 amide bonds. The summed E-state index contributed by atoms with van der Waals surface area (Å²) in [5, 5.41) is 0. The number of nitrogens with zero attached hydrogens (tertiary/aromatic N) is 12. The highest BCUT2D eigenvalue weighted by molar-refractivity contribution is 6.01. The van der Waals surface area contributed by atoms with Gasteiger partial charge in [-0.1, -0.05) is 455 Å². The molecule has 0 aliphatic rings. The molecule has 0 aliphatic heterocycles. The van der Waals surface area contributed by atoms with E-state index >= 15 is 0 Å². The molecule has 6 aromatic heterocycles. The van der Waals surface area contributed by atoms with Crippen LogP contribution in [0.15, 0.2) is 510 Å². The predicted octanol–water partition coefficient (Wildman–Crippen LogP) is 34.7. The minimum Gasteiger partial charge on any atom is -0.258 e. The van der Waals surface area contributed by atoms with Crippen molar-refractivity contribution in [3.63, 3.8) is 0 Å². The van der Waals surface area contributed by atoms with Crippen LogP contribution in [-0.4, -0.2) is 59.8 Å². The summed E-state index contributed by atoms with van der Waals surface area (Å²) in [7, 11) is 0. The van der Waals surface area contributed by atoms with Crippen LogP contribution in [0.25, 0.3) is 236 Å². The van der Waals surface area contributed by atoms with Gasteiger partial charge in [0, 0.05) is 89.8 Å². The highest BCUT2D eigenvalue weighted by Crippen LogP contribution is 2.49. The van der Waals surface area contributed by atoms with Gasteiger partial charge in [-0.25, -0.2) is 44.9 Å².